The molecule has 2 aliphatic rings. The van der Waals surface area contributed by atoms with Crippen LogP contribution in [-0.2, 0) is 29.0 Å². The fourth-order valence-electron chi connectivity index (χ4n) is 3.92. The van der Waals surface area contributed by atoms with Gasteiger partial charge < -0.3 is 14.2 Å². The molecule has 5 rings (SSSR count). The monoisotopic (exact) mass is 437 g/mol. The van der Waals surface area contributed by atoms with Crippen LogP contribution in [0.3, 0.4) is 0 Å². The van der Waals surface area contributed by atoms with Gasteiger partial charge in [-0.05, 0) is 30.5 Å². The molecule has 1 unspecified atom stereocenters. The molecule has 1 atom stereocenters. The molecule has 8 nitrogen and oxygen atoms in total. The highest BCUT2D eigenvalue weighted by atomic mass is 32.1. The van der Waals surface area contributed by atoms with E-state index in [1.165, 1.54) is 11.3 Å². The van der Waals surface area contributed by atoms with Gasteiger partial charge in [0, 0.05) is 49.0 Å². The van der Waals surface area contributed by atoms with E-state index in [-0.39, 0.29) is 17.9 Å². The molecule has 1 fully saturated rings. The molecule has 0 spiro atoms. The van der Waals surface area contributed by atoms with Crippen molar-refractivity contribution in [3.63, 3.8) is 0 Å². The molecule has 0 bridgehead atoms. The van der Waals surface area contributed by atoms with Crippen LogP contribution in [0, 0.1) is 0 Å². The summed E-state index contributed by atoms with van der Waals surface area (Å²) in [4.78, 5) is 36.8. The number of hydrogen-bond acceptors (Lipinski definition) is 6. The fourth-order valence-corrected chi connectivity index (χ4v) is 4.95. The summed E-state index contributed by atoms with van der Waals surface area (Å²) in [5, 5.41) is 3.46. The summed E-state index contributed by atoms with van der Waals surface area (Å²) >= 11 is 1.44. The highest BCUT2D eigenvalue weighted by Crippen LogP contribution is 2.29. The lowest BCUT2D eigenvalue weighted by molar-refractivity contribution is -0.124. The van der Waals surface area contributed by atoms with Gasteiger partial charge in [-0.1, -0.05) is 23.5 Å². The average molecular weight is 438 g/mol. The van der Waals surface area contributed by atoms with E-state index in [9.17, 15) is 9.59 Å². The Morgan fingerprint density at radius 3 is 2.87 bits per heavy atom. The van der Waals surface area contributed by atoms with Crippen molar-refractivity contribution in [1.29, 1.82) is 0 Å². The largest absolute Gasteiger partial charge is 0.368 e. The number of nitrogens with zero attached hydrogens (tertiary/aromatic N) is 4. The summed E-state index contributed by atoms with van der Waals surface area (Å²) in [6.07, 6.45) is 7.41. The highest BCUT2D eigenvalue weighted by Gasteiger charge is 2.27. The van der Waals surface area contributed by atoms with E-state index in [0.717, 1.165) is 35.5 Å². The molecule has 4 heterocycles. The standard InChI is InChI=1S/C22H23N5O3S/c28-20(18-2-1-11-30-18)25-22-24-17-7-9-27(13-19(17)31-22)21(29)16-5-3-15(4-6-16)12-26-10-8-23-14-26/h3-6,8,10,14,18H,1-2,7,9,11-13H2,(H,24,25,28). The smallest absolute Gasteiger partial charge is 0.255 e. The molecule has 2 amide bonds. The first-order valence-electron chi connectivity index (χ1n) is 10.4. The van der Waals surface area contributed by atoms with Gasteiger partial charge in [-0.15, -0.1) is 0 Å². The van der Waals surface area contributed by atoms with Crippen LogP contribution in [0.4, 0.5) is 5.13 Å². The van der Waals surface area contributed by atoms with Gasteiger partial charge >= 0.3 is 0 Å². The third kappa shape index (κ3) is 4.38. The minimum Gasteiger partial charge on any atom is -0.368 e. The number of imidazole rings is 1. The van der Waals surface area contributed by atoms with Crippen molar-refractivity contribution >= 4 is 28.3 Å². The molecule has 2 aromatic heterocycles. The molecule has 160 valence electrons. The van der Waals surface area contributed by atoms with Crippen LogP contribution in [0.5, 0.6) is 0 Å². The van der Waals surface area contributed by atoms with Crippen LogP contribution in [0.15, 0.2) is 43.0 Å². The van der Waals surface area contributed by atoms with Crippen molar-refractivity contribution in [1.82, 2.24) is 19.4 Å². The lowest BCUT2D eigenvalue weighted by Crippen LogP contribution is -2.35. The van der Waals surface area contributed by atoms with Gasteiger partial charge in [0.15, 0.2) is 5.13 Å². The number of nitrogens with one attached hydrogen (secondary N) is 1. The third-order valence-corrected chi connectivity index (χ3v) is 6.59. The number of fused-ring (bicyclic) bond motifs is 1. The summed E-state index contributed by atoms with van der Waals surface area (Å²) in [5.41, 5.74) is 2.76. The van der Waals surface area contributed by atoms with Crippen molar-refractivity contribution < 1.29 is 14.3 Å². The van der Waals surface area contributed by atoms with Crippen LogP contribution < -0.4 is 5.32 Å². The first kappa shape index (κ1) is 19.9. The van der Waals surface area contributed by atoms with E-state index in [1.54, 1.807) is 12.5 Å². The topological polar surface area (TPSA) is 89.4 Å². The third-order valence-electron chi connectivity index (χ3n) is 5.60. The van der Waals surface area contributed by atoms with Gasteiger partial charge in [-0.3, -0.25) is 14.9 Å². The van der Waals surface area contributed by atoms with Crippen molar-refractivity contribution in [3.8, 4) is 0 Å². The molecule has 1 N–H and O–H groups in total. The SMILES string of the molecule is O=C(Nc1nc2c(s1)CN(C(=O)c1ccc(Cn3ccnc3)cc1)CC2)C1CCCO1. The Kier molecular flexibility index (Phi) is 5.52. The Bertz CT molecular complexity index is 1070. The second-order valence-electron chi connectivity index (χ2n) is 7.79. The zero-order chi connectivity index (χ0) is 21.2. The van der Waals surface area contributed by atoms with E-state index >= 15 is 0 Å². The first-order valence-corrected chi connectivity index (χ1v) is 11.2. The Morgan fingerprint density at radius 1 is 1.26 bits per heavy atom. The number of carbonyl (C=O) groups excluding carboxylic acids is 2. The number of anilines is 1. The van der Waals surface area contributed by atoms with Gasteiger partial charge in [-0.2, -0.15) is 0 Å². The second-order valence-corrected chi connectivity index (χ2v) is 8.87. The summed E-state index contributed by atoms with van der Waals surface area (Å²) in [5.74, 6) is -0.120. The fraction of sp³-hybridized carbons (Fsp3) is 0.364. The predicted molar refractivity (Wildman–Crippen MR) is 116 cm³/mol. The van der Waals surface area contributed by atoms with E-state index in [0.29, 0.717) is 36.8 Å². The van der Waals surface area contributed by atoms with E-state index in [2.05, 4.69) is 15.3 Å². The number of benzene rings is 1. The van der Waals surface area contributed by atoms with Gasteiger partial charge in [0.05, 0.1) is 18.6 Å². The van der Waals surface area contributed by atoms with Gasteiger partial charge in [-0.25, -0.2) is 9.97 Å². The Morgan fingerprint density at radius 2 is 2.13 bits per heavy atom. The number of aromatic nitrogens is 3. The lowest BCUT2D eigenvalue weighted by Gasteiger charge is -2.26. The molecule has 0 radical (unpaired) electrons. The quantitative estimate of drug-likeness (QED) is 0.663. The Labute approximate surface area is 183 Å². The van der Waals surface area contributed by atoms with Crippen molar-refractivity contribution in [2.75, 3.05) is 18.5 Å². The van der Waals surface area contributed by atoms with Gasteiger partial charge in [0.2, 0.25) is 0 Å². The normalized spacial score (nSPS) is 18.1. The van der Waals surface area contributed by atoms with E-state index in [1.807, 2.05) is 39.9 Å². The number of carbonyl (C=O) groups is 2. The molecule has 3 aromatic rings. The van der Waals surface area contributed by atoms with Gasteiger partial charge in [0.1, 0.15) is 6.10 Å². The zero-order valence-electron chi connectivity index (χ0n) is 17.0. The van der Waals surface area contributed by atoms with Crippen LogP contribution in [0.2, 0.25) is 0 Å². The van der Waals surface area contributed by atoms with Crippen LogP contribution in [0.25, 0.3) is 0 Å². The number of rotatable bonds is 5. The summed E-state index contributed by atoms with van der Waals surface area (Å²) < 4.78 is 7.42. The maximum atomic E-state index is 13.0. The molecule has 9 heteroatoms. The minimum absolute atomic E-state index is 0.0122. The van der Waals surface area contributed by atoms with Crippen LogP contribution >= 0.6 is 11.3 Å². The van der Waals surface area contributed by atoms with E-state index < -0.39 is 0 Å². The first-order chi connectivity index (χ1) is 15.2. The molecule has 1 aromatic carbocycles. The Hall–Kier alpha value is -3.04. The predicted octanol–water partition coefficient (Wildman–Crippen LogP) is 2.70. The van der Waals surface area contributed by atoms with Gasteiger partial charge in [0.25, 0.3) is 11.8 Å². The van der Waals surface area contributed by atoms with Crippen LogP contribution in [0.1, 0.15) is 39.3 Å². The zero-order valence-corrected chi connectivity index (χ0v) is 17.8. The maximum absolute atomic E-state index is 13.0. The van der Waals surface area contributed by atoms with Crippen LogP contribution in [-0.4, -0.2) is 50.5 Å². The Balaban J connectivity index is 1.22. The number of hydrogen-bond donors (Lipinski definition) is 1. The second kappa shape index (κ2) is 8.60. The molecule has 0 aliphatic carbocycles. The van der Waals surface area contributed by atoms with Crippen molar-refractivity contribution in [2.45, 2.75) is 38.5 Å². The number of amides is 2. The highest BCUT2D eigenvalue weighted by molar-refractivity contribution is 7.15. The lowest BCUT2D eigenvalue weighted by atomic mass is 10.1. The molecule has 0 saturated carbocycles. The summed E-state index contributed by atoms with van der Waals surface area (Å²) in [6.45, 7) is 2.49. The average Bonchev–Trinajstić information content (AvgIpc) is 3.55. The van der Waals surface area contributed by atoms with Crippen molar-refractivity contribution in [2.24, 2.45) is 0 Å². The molecule has 31 heavy (non-hydrogen) atoms. The maximum Gasteiger partial charge on any atom is 0.255 e. The molecule has 1 saturated heterocycles. The summed E-state index contributed by atoms with van der Waals surface area (Å²) in [6, 6.07) is 7.72. The van der Waals surface area contributed by atoms with E-state index in [4.69, 9.17) is 4.74 Å². The molecular weight excluding hydrogens is 414 g/mol. The molecular formula is C22H23N5O3S. The molecule has 2 aliphatic heterocycles. The van der Waals surface area contributed by atoms with Crippen molar-refractivity contribution in [3.05, 3.63) is 64.7 Å². The summed E-state index contributed by atoms with van der Waals surface area (Å²) in [7, 11) is 0. The number of thiazole rings is 1. The number of ether oxygens (including phenoxy) is 1. The minimum atomic E-state index is -0.379.